The fraction of sp³-hybridized carbons (Fsp3) is 0.188. The van der Waals surface area contributed by atoms with Crippen LogP contribution >= 0.6 is 0 Å². The van der Waals surface area contributed by atoms with Crippen LogP contribution in [0.15, 0.2) is 42.6 Å². The molecule has 2 rings (SSSR count). The number of carbonyl (C=O) groups is 2. The number of hydrogen-bond acceptors (Lipinski definition) is 3. The van der Waals surface area contributed by atoms with Crippen LogP contribution in [0, 0.1) is 0 Å². The van der Waals surface area contributed by atoms with Crippen molar-refractivity contribution in [1.29, 1.82) is 0 Å². The molecule has 108 valence electrons. The Kier molecular flexibility index (Phi) is 4.66. The second-order valence-electron chi connectivity index (χ2n) is 4.64. The summed E-state index contributed by atoms with van der Waals surface area (Å²) in [6.45, 7) is 2.11. The number of aromatic nitrogens is 1. The number of nitrogens with zero attached hydrogens (tertiary/aromatic N) is 1. The molecule has 5 nitrogen and oxygen atoms in total. The van der Waals surface area contributed by atoms with E-state index in [1.165, 1.54) is 23.9 Å². The van der Waals surface area contributed by atoms with Crippen molar-refractivity contribution in [1.82, 2.24) is 4.98 Å². The van der Waals surface area contributed by atoms with Crippen molar-refractivity contribution in [2.75, 3.05) is 5.32 Å². The topological polar surface area (TPSA) is 79.3 Å². The Morgan fingerprint density at radius 3 is 2.38 bits per heavy atom. The van der Waals surface area contributed by atoms with Crippen molar-refractivity contribution in [3.63, 3.8) is 0 Å². The van der Waals surface area contributed by atoms with E-state index in [4.69, 9.17) is 5.11 Å². The van der Waals surface area contributed by atoms with Crippen LogP contribution in [0.2, 0.25) is 0 Å². The van der Waals surface area contributed by atoms with Crippen LogP contribution in [0.5, 0.6) is 0 Å². The lowest BCUT2D eigenvalue weighted by molar-refractivity contribution is 0.0690. The second-order valence-corrected chi connectivity index (χ2v) is 4.64. The summed E-state index contributed by atoms with van der Waals surface area (Å²) in [6.07, 6.45) is 3.34. The van der Waals surface area contributed by atoms with Gasteiger partial charge in [-0.05, 0) is 36.2 Å². The van der Waals surface area contributed by atoms with Crippen LogP contribution in [0.1, 0.15) is 39.8 Å². The van der Waals surface area contributed by atoms with Crippen LogP contribution in [0.3, 0.4) is 0 Å². The van der Waals surface area contributed by atoms with Crippen molar-refractivity contribution in [2.24, 2.45) is 0 Å². The van der Waals surface area contributed by atoms with Crippen LogP contribution < -0.4 is 5.32 Å². The third kappa shape index (κ3) is 3.89. The molecule has 0 aliphatic rings. The number of aryl methyl sites for hydroxylation is 1. The largest absolute Gasteiger partial charge is 0.477 e. The quantitative estimate of drug-likeness (QED) is 0.884. The van der Waals surface area contributed by atoms with Gasteiger partial charge in [-0.2, -0.15) is 0 Å². The maximum atomic E-state index is 12.0. The van der Waals surface area contributed by atoms with Crippen LogP contribution in [-0.2, 0) is 6.42 Å². The molecular weight excluding hydrogens is 268 g/mol. The SMILES string of the molecule is CCCc1ccc(NC(=O)c2ccc(C(=O)O)nc2)cc1. The Balaban J connectivity index is 2.05. The Bertz CT molecular complexity index is 634. The van der Waals surface area contributed by atoms with Gasteiger partial charge in [-0.3, -0.25) is 4.79 Å². The summed E-state index contributed by atoms with van der Waals surface area (Å²) in [5, 5.41) is 11.5. The lowest BCUT2D eigenvalue weighted by Crippen LogP contribution is -2.13. The first-order chi connectivity index (χ1) is 10.1. The van der Waals surface area contributed by atoms with E-state index in [1.807, 2.05) is 24.3 Å². The Morgan fingerprint density at radius 2 is 1.86 bits per heavy atom. The minimum absolute atomic E-state index is 0.0875. The minimum Gasteiger partial charge on any atom is -0.477 e. The Hall–Kier alpha value is -2.69. The molecule has 2 aromatic rings. The van der Waals surface area contributed by atoms with Gasteiger partial charge in [0, 0.05) is 11.9 Å². The molecule has 1 amide bonds. The molecule has 0 radical (unpaired) electrons. The van der Waals surface area contributed by atoms with E-state index in [0.29, 0.717) is 11.3 Å². The zero-order valence-electron chi connectivity index (χ0n) is 11.7. The number of rotatable bonds is 5. The number of aromatic carboxylic acids is 1. The Morgan fingerprint density at radius 1 is 1.14 bits per heavy atom. The third-order valence-corrected chi connectivity index (χ3v) is 3.00. The lowest BCUT2D eigenvalue weighted by Gasteiger charge is -2.06. The maximum Gasteiger partial charge on any atom is 0.354 e. The number of carboxylic acid groups (broad SMARTS) is 1. The summed E-state index contributed by atoms with van der Waals surface area (Å²) in [6, 6.07) is 10.4. The van der Waals surface area contributed by atoms with Crippen LogP contribution in [0.25, 0.3) is 0 Å². The molecule has 1 heterocycles. The highest BCUT2D eigenvalue weighted by atomic mass is 16.4. The first-order valence-corrected chi connectivity index (χ1v) is 6.70. The molecule has 2 N–H and O–H groups in total. The molecule has 21 heavy (non-hydrogen) atoms. The summed E-state index contributed by atoms with van der Waals surface area (Å²) in [7, 11) is 0. The molecule has 0 unspecified atom stereocenters. The van der Waals surface area contributed by atoms with E-state index >= 15 is 0 Å². The molecule has 1 aromatic heterocycles. The number of carbonyl (C=O) groups excluding carboxylic acids is 1. The standard InChI is InChI=1S/C16H16N2O3/c1-2-3-11-4-7-13(8-5-11)18-15(19)12-6-9-14(16(20)21)17-10-12/h4-10H,2-3H2,1H3,(H,18,19)(H,20,21). The average molecular weight is 284 g/mol. The van der Waals surface area contributed by atoms with Gasteiger partial charge in [0.25, 0.3) is 5.91 Å². The van der Waals surface area contributed by atoms with E-state index in [1.54, 1.807) is 0 Å². The number of pyridine rings is 1. The van der Waals surface area contributed by atoms with Gasteiger partial charge < -0.3 is 10.4 Å². The third-order valence-electron chi connectivity index (χ3n) is 3.00. The van der Waals surface area contributed by atoms with Crippen molar-refractivity contribution in [3.05, 3.63) is 59.4 Å². The van der Waals surface area contributed by atoms with Crippen LogP contribution in [0.4, 0.5) is 5.69 Å². The highest BCUT2D eigenvalue weighted by molar-refractivity contribution is 6.04. The van der Waals surface area contributed by atoms with Gasteiger partial charge in [0.1, 0.15) is 5.69 Å². The highest BCUT2D eigenvalue weighted by Gasteiger charge is 2.09. The monoisotopic (exact) mass is 284 g/mol. The first-order valence-electron chi connectivity index (χ1n) is 6.70. The zero-order valence-corrected chi connectivity index (χ0v) is 11.7. The van der Waals surface area contributed by atoms with Crippen LogP contribution in [-0.4, -0.2) is 22.0 Å². The molecule has 0 fully saturated rings. The summed E-state index contributed by atoms with van der Waals surface area (Å²) in [5.41, 5.74) is 2.15. The van der Waals surface area contributed by atoms with E-state index in [2.05, 4.69) is 17.2 Å². The van der Waals surface area contributed by atoms with E-state index in [9.17, 15) is 9.59 Å². The smallest absolute Gasteiger partial charge is 0.354 e. The van der Waals surface area contributed by atoms with Gasteiger partial charge in [-0.25, -0.2) is 9.78 Å². The number of hydrogen-bond donors (Lipinski definition) is 2. The van der Waals surface area contributed by atoms with Gasteiger partial charge in [0.05, 0.1) is 5.56 Å². The number of anilines is 1. The molecule has 0 bridgehead atoms. The molecule has 5 heteroatoms. The fourth-order valence-corrected chi connectivity index (χ4v) is 1.90. The molecule has 0 spiro atoms. The van der Waals surface area contributed by atoms with Gasteiger partial charge in [-0.1, -0.05) is 25.5 Å². The number of amides is 1. The summed E-state index contributed by atoms with van der Waals surface area (Å²) >= 11 is 0. The van der Waals surface area contributed by atoms with Gasteiger partial charge >= 0.3 is 5.97 Å². The predicted molar refractivity (Wildman–Crippen MR) is 79.6 cm³/mol. The molecule has 0 saturated carbocycles. The molecule has 0 saturated heterocycles. The Labute approximate surface area is 122 Å². The lowest BCUT2D eigenvalue weighted by atomic mass is 10.1. The van der Waals surface area contributed by atoms with Gasteiger partial charge in [0.15, 0.2) is 0 Å². The van der Waals surface area contributed by atoms with Crippen molar-refractivity contribution >= 4 is 17.6 Å². The first kappa shape index (κ1) is 14.7. The van der Waals surface area contributed by atoms with Crippen molar-refractivity contribution in [3.8, 4) is 0 Å². The number of nitrogens with one attached hydrogen (secondary N) is 1. The van der Waals surface area contributed by atoms with Gasteiger partial charge in [0.2, 0.25) is 0 Å². The molecule has 0 aliphatic heterocycles. The fourth-order valence-electron chi connectivity index (χ4n) is 1.90. The highest BCUT2D eigenvalue weighted by Crippen LogP contribution is 2.12. The van der Waals surface area contributed by atoms with E-state index < -0.39 is 5.97 Å². The molecule has 0 aliphatic carbocycles. The van der Waals surface area contributed by atoms with Crippen molar-refractivity contribution in [2.45, 2.75) is 19.8 Å². The van der Waals surface area contributed by atoms with E-state index in [-0.39, 0.29) is 11.6 Å². The summed E-state index contributed by atoms with van der Waals surface area (Å²) in [5.74, 6) is -1.43. The van der Waals surface area contributed by atoms with Gasteiger partial charge in [-0.15, -0.1) is 0 Å². The minimum atomic E-state index is -1.12. The molecule has 0 atom stereocenters. The summed E-state index contributed by atoms with van der Waals surface area (Å²) < 4.78 is 0. The normalized spacial score (nSPS) is 10.1. The van der Waals surface area contributed by atoms with E-state index in [0.717, 1.165) is 12.8 Å². The summed E-state index contributed by atoms with van der Waals surface area (Å²) in [4.78, 5) is 26.4. The maximum absolute atomic E-state index is 12.0. The second kappa shape index (κ2) is 6.65. The molecular formula is C16H16N2O3. The predicted octanol–water partition coefficient (Wildman–Crippen LogP) is 2.98. The zero-order chi connectivity index (χ0) is 15.2. The molecule has 1 aromatic carbocycles. The average Bonchev–Trinajstić information content (AvgIpc) is 2.49. The number of benzene rings is 1. The van der Waals surface area contributed by atoms with Crippen molar-refractivity contribution < 1.29 is 14.7 Å². The number of carboxylic acids is 1.